The standard InChI is InChI=1S/C21H22N2O3/c1-23-12-11-18-19(5-2-6-20(18)23)22-21(24)15-7-9-16(10-8-15)26-14-17-4-3-13-25-17/h2,5-12,17H,3-4,13-14H2,1H3,(H,22,24)/t17-/m1/s1. The van der Waals surface area contributed by atoms with Crippen molar-refractivity contribution in [3.8, 4) is 5.75 Å². The minimum Gasteiger partial charge on any atom is -0.491 e. The second kappa shape index (κ2) is 7.22. The van der Waals surface area contributed by atoms with E-state index in [2.05, 4.69) is 5.32 Å². The number of ether oxygens (including phenoxy) is 2. The van der Waals surface area contributed by atoms with Gasteiger partial charge in [-0.3, -0.25) is 4.79 Å². The molecule has 4 rings (SSSR count). The summed E-state index contributed by atoms with van der Waals surface area (Å²) in [7, 11) is 1.99. The molecule has 0 radical (unpaired) electrons. The van der Waals surface area contributed by atoms with Gasteiger partial charge < -0.3 is 19.4 Å². The molecule has 5 nitrogen and oxygen atoms in total. The van der Waals surface area contributed by atoms with Gasteiger partial charge in [0.1, 0.15) is 12.4 Å². The molecule has 0 unspecified atom stereocenters. The molecule has 1 fully saturated rings. The molecule has 0 aliphatic carbocycles. The van der Waals surface area contributed by atoms with E-state index in [4.69, 9.17) is 9.47 Å². The van der Waals surface area contributed by atoms with E-state index in [-0.39, 0.29) is 12.0 Å². The molecule has 1 aliphatic rings. The van der Waals surface area contributed by atoms with Crippen molar-refractivity contribution >= 4 is 22.5 Å². The average molecular weight is 350 g/mol. The van der Waals surface area contributed by atoms with Gasteiger partial charge in [0.15, 0.2) is 0 Å². The SMILES string of the molecule is Cn1ccc2c(NC(=O)c3ccc(OC[C@H]4CCCO4)cc3)cccc21. The Hall–Kier alpha value is -2.79. The number of carbonyl (C=O) groups excluding carboxylic acids is 1. The number of aryl methyl sites for hydroxylation is 1. The molecular formula is C21H22N2O3. The summed E-state index contributed by atoms with van der Waals surface area (Å²) in [5.41, 5.74) is 2.50. The van der Waals surface area contributed by atoms with Gasteiger partial charge in [-0.05, 0) is 55.3 Å². The van der Waals surface area contributed by atoms with Gasteiger partial charge in [-0.2, -0.15) is 0 Å². The lowest BCUT2D eigenvalue weighted by atomic mass is 10.1. The summed E-state index contributed by atoms with van der Waals surface area (Å²) in [5, 5.41) is 4.03. The van der Waals surface area contributed by atoms with Crippen LogP contribution in [0.2, 0.25) is 0 Å². The predicted molar refractivity (Wildman–Crippen MR) is 102 cm³/mol. The van der Waals surface area contributed by atoms with Gasteiger partial charge in [0, 0.05) is 36.3 Å². The molecule has 1 saturated heterocycles. The lowest BCUT2D eigenvalue weighted by Crippen LogP contribution is -2.16. The zero-order valence-corrected chi connectivity index (χ0v) is 14.8. The molecule has 134 valence electrons. The molecule has 2 aromatic carbocycles. The lowest BCUT2D eigenvalue weighted by Gasteiger charge is -2.12. The van der Waals surface area contributed by atoms with Crippen molar-refractivity contribution in [2.24, 2.45) is 7.05 Å². The normalized spacial score (nSPS) is 16.7. The van der Waals surface area contributed by atoms with E-state index in [1.165, 1.54) is 0 Å². The topological polar surface area (TPSA) is 52.5 Å². The highest BCUT2D eigenvalue weighted by Crippen LogP contribution is 2.24. The number of aromatic nitrogens is 1. The number of amides is 1. The van der Waals surface area contributed by atoms with E-state index in [9.17, 15) is 4.79 Å². The second-order valence-electron chi connectivity index (χ2n) is 6.59. The Morgan fingerprint density at radius 1 is 1.23 bits per heavy atom. The predicted octanol–water partition coefficient (Wildman–Crippen LogP) is 3.99. The number of hydrogen-bond acceptors (Lipinski definition) is 3. The summed E-state index contributed by atoms with van der Waals surface area (Å²) in [5.74, 6) is 0.620. The summed E-state index contributed by atoms with van der Waals surface area (Å²) in [4.78, 5) is 12.6. The summed E-state index contributed by atoms with van der Waals surface area (Å²) in [6.45, 7) is 1.38. The number of nitrogens with one attached hydrogen (secondary N) is 1. The van der Waals surface area contributed by atoms with Crippen LogP contribution >= 0.6 is 0 Å². The zero-order chi connectivity index (χ0) is 17.9. The van der Waals surface area contributed by atoms with Crippen molar-refractivity contribution in [3.05, 3.63) is 60.3 Å². The summed E-state index contributed by atoms with van der Waals surface area (Å²) in [6, 6.07) is 15.1. The Morgan fingerprint density at radius 3 is 2.85 bits per heavy atom. The molecule has 0 bridgehead atoms. The third-order valence-corrected chi connectivity index (χ3v) is 4.75. The van der Waals surface area contributed by atoms with Gasteiger partial charge in [-0.15, -0.1) is 0 Å². The van der Waals surface area contributed by atoms with Crippen LogP contribution in [0.25, 0.3) is 10.9 Å². The summed E-state index contributed by atoms with van der Waals surface area (Å²) in [6.07, 6.45) is 4.32. The van der Waals surface area contributed by atoms with Crippen molar-refractivity contribution in [1.29, 1.82) is 0 Å². The quantitative estimate of drug-likeness (QED) is 0.757. The molecule has 5 heteroatoms. The lowest BCUT2D eigenvalue weighted by molar-refractivity contribution is 0.0679. The van der Waals surface area contributed by atoms with Gasteiger partial charge in [-0.25, -0.2) is 0 Å². The first-order valence-corrected chi connectivity index (χ1v) is 8.90. The molecule has 1 aliphatic heterocycles. The summed E-state index contributed by atoms with van der Waals surface area (Å²) >= 11 is 0. The maximum absolute atomic E-state index is 12.6. The highest BCUT2D eigenvalue weighted by Gasteiger charge is 2.16. The number of hydrogen-bond donors (Lipinski definition) is 1. The maximum Gasteiger partial charge on any atom is 0.255 e. The fourth-order valence-electron chi connectivity index (χ4n) is 3.27. The van der Waals surface area contributed by atoms with Crippen LogP contribution in [-0.4, -0.2) is 29.8 Å². The third-order valence-electron chi connectivity index (χ3n) is 4.75. The Morgan fingerprint density at radius 2 is 2.08 bits per heavy atom. The van der Waals surface area contributed by atoms with Crippen LogP contribution in [0.4, 0.5) is 5.69 Å². The molecule has 1 atom stereocenters. The van der Waals surface area contributed by atoms with Crippen LogP contribution in [-0.2, 0) is 11.8 Å². The third kappa shape index (κ3) is 3.44. The van der Waals surface area contributed by atoms with Gasteiger partial charge in [0.2, 0.25) is 0 Å². The molecule has 26 heavy (non-hydrogen) atoms. The van der Waals surface area contributed by atoms with Crippen LogP contribution < -0.4 is 10.1 Å². The fraction of sp³-hybridized carbons (Fsp3) is 0.286. The number of benzene rings is 2. The van der Waals surface area contributed by atoms with E-state index in [0.717, 1.165) is 41.8 Å². The number of carbonyl (C=O) groups is 1. The van der Waals surface area contributed by atoms with E-state index < -0.39 is 0 Å². The van der Waals surface area contributed by atoms with E-state index in [1.54, 1.807) is 12.1 Å². The Balaban J connectivity index is 1.42. The smallest absolute Gasteiger partial charge is 0.255 e. The molecule has 0 saturated carbocycles. The van der Waals surface area contributed by atoms with Crippen LogP contribution in [0.1, 0.15) is 23.2 Å². The van der Waals surface area contributed by atoms with Crippen LogP contribution in [0.5, 0.6) is 5.75 Å². The molecule has 2 heterocycles. The number of anilines is 1. The molecular weight excluding hydrogens is 328 g/mol. The summed E-state index contributed by atoms with van der Waals surface area (Å²) < 4.78 is 13.3. The number of nitrogens with zero attached hydrogens (tertiary/aromatic N) is 1. The monoisotopic (exact) mass is 350 g/mol. The number of rotatable bonds is 5. The van der Waals surface area contributed by atoms with Crippen molar-refractivity contribution in [2.75, 3.05) is 18.5 Å². The molecule has 1 N–H and O–H groups in total. The van der Waals surface area contributed by atoms with Crippen LogP contribution in [0.15, 0.2) is 54.7 Å². The van der Waals surface area contributed by atoms with Crippen molar-refractivity contribution < 1.29 is 14.3 Å². The molecule has 1 amide bonds. The Bertz CT molecular complexity index is 909. The average Bonchev–Trinajstić information content (AvgIpc) is 3.31. The number of fused-ring (bicyclic) bond motifs is 1. The van der Waals surface area contributed by atoms with Crippen molar-refractivity contribution in [2.45, 2.75) is 18.9 Å². The minimum absolute atomic E-state index is 0.132. The molecule has 1 aromatic heterocycles. The van der Waals surface area contributed by atoms with Crippen LogP contribution in [0.3, 0.4) is 0 Å². The van der Waals surface area contributed by atoms with E-state index >= 15 is 0 Å². The first-order chi connectivity index (χ1) is 12.7. The van der Waals surface area contributed by atoms with Crippen molar-refractivity contribution in [1.82, 2.24) is 4.57 Å². The molecule has 3 aromatic rings. The largest absolute Gasteiger partial charge is 0.491 e. The van der Waals surface area contributed by atoms with Gasteiger partial charge in [-0.1, -0.05) is 6.07 Å². The van der Waals surface area contributed by atoms with Gasteiger partial charge >= 0.3 is 0 Å². The van der Waals surface area contributed by atoms with Crippen LogP contribution in [0, 0.1) is 0 Å². The minimum atomic E-state index is -0.132. The Labute approximate surface area is 152 Å². The van der Waals surface area contributed by atoms with E-state index in [1.807, 2.05) is 54.2 Å². The second-order valence-corrected chi connectivity index (χ2v) is 6.59. The van der Waals surface area contributed by atoms with Crippen molar-refractivity contribution in [3.63, 3.8) is 0 Å². The maximum atomic E-state index is 12.6. The highest BCUT2D eigenvalue weighted by atomic mass is 16.5. The molecule has 0 spiro atoms. The van der Waals surface area contributed by atoms with Gasteiger partial charge in [0.05, 0.1) is 11.8 Å². The zero-order valence-electron chi connectivity index (χ0n) is 14.8. The fourth-order valence-corrected chi connectivity index (χ4v) is 3.27. The first kappa shape index (κ1) is 16.7. The van der Waals surface area contributed by atoms with E-state index in [0.29, 0.717) is 12.2 Å². The Kier molecular flexibility index (Phi) is 4.63. The first-order valence-electron chi connectivity index (χ1n) is 8.90. The van der Waals surface area contributed by atoms with Gasteiger partial charge in [0.25, 0.3) is 5.91 Å². The highest BCUT2D eigenvalue weighted by molar-refractivity contribution is 6.08.